The van der Waals surface area contributed by atoms with Gasteiger partial charge in [0.05, 0.1) is 16.3 Å². The van der Waals surface area contributed by atoms with Crippen LogP contribution < -0.4 is 0 Å². The SMILES string of the molecule is CCn1ncc(Br)c1C(=O)COC(C)(C)C. The number of carbonyl (C=O) groups excluding carboxylic acids is 1. The smallest absolute Gasteiger partial charge is 0.207 e. The maximum Gasteiger partial charge on any atom is 0.207 e. The highest BCUT2D eigenvalue weighted by molar-refractivity contribution is 9.10. The van der Waals surface area contributed by atoms with Crippen LogP contribution in [0.5, 0.6) is 0 Å². The summed E-state index contributed by atoms with van der Waals surface area (Å²) in [7, 11) is 0. The van der Waals surface area contributed by atoms with E-state index in [1.54, 1.807) is 10.9 Å². The lowest BCUT2D eigenvalue weighted by molar-refractivity contribution is 0.00262. The van der Waals surface area contributed by atoms with Gasteiger partial charge >= 0.3 is 0 Å². The largest absolute Gasteiger partial charge is 0.368 e. The molecule has 0 bridgehead atoms. The van der Waals surface area contributed by atoms with Crippen LogP contribution in [-0.2, 0) is 11.3 Å². The number of aromatic nitrogens is 2. The molecule has 0 amide bonds. The average molecular weight is 289 g/mol. The van der Waals surface area contributed by atoms with Crippen LogP contribution in [-0.4, -0.2) is 27.8 Å². The Labute approximate surface area is 104 Å². The zero-order valence-electron chi connectivity index (χ0n) is 10.1. The molecule has 1 aromatic heterocycles. The van der Waals surface area contributed by atoms with Crippen molar-refractivity contribution < 1.29 is 9.53 Å². The third-order valence-electron chi connectivity index (χ3n) is 1.99. The normalized spacial score (nSPS) is 11.8. The zero-order chi connectivity index (χ0) is 12.3. The number of hydrogen-bond acceptors (Lipinski definition) is 3. The maximum atomic E-state index is 11.9. The maximum absolute atomic E-state index is 11.9. The first-order valence-corrected chi connectivity index (χ1v) is 6.03. The first kappa shape index (κ1) is 13.4. The predicted molar refractivity (Wildman–Crippen MR) is 65.6 cm³/mol. The van der Waals surface area contributed by atoms with Gasteiger partial charge in [0.25, 0.3) is 0 Å². The molecule has 0 N–H and O–H groups in total. The number of rotatable bonds is 4. The molecule has 90 valence electrons. The molecule has 0 saturated heterocycles. The third-order valence-corrected chi connectivity index (χ3v) is 2.58. The monoisotopic (exact) mass is 288 g/mol. The van der Waals surface area contributed by atoms with E-state index < -0.39 is 0 Å². The Morgan fingerprint density at radius 3 is 2.69 bits per heavy atom. The van der Waals surface area contributed by atoms with Crippen molar-refractivity contribution in [2.45, 2.75) is 39.8 Å². The number of aryl methyl sites for hydroxylation is 1. The van der Waals surface area contributed by atoms with Crippen LogP contribution in [0, 0.1) is 0 Å². The second kappa shape index (κ2) is 5.10. The van der Waals surface area contributed by atoms with E-state index in [4.69, 9.17) is 4.74 Å². The van der Waals surface area contributed by atoms with Crippen LogP contribution in [0.15, 0.2) is 10.7 Å². The second-order valence-electron chi connectivity index (χ2n) is 4.48. The molecule has 16 heavy (non-hydrogen) atoms. The Bertz CT molecular complexity index is 380. The van der Waals surface area contributed by atoms with Crippen molar-refractivity contribution in [1.82, 2.24) is 9.78 Å². The fraction of sp³-hybridized carbons (Fsp3) is 0.636. The van der Waals surface area contributed by atoms with Gasteiger partial charge in [0.2, 0.25) is 5.78 Å². The Hall–Kier alpha value is -0.680. The first-order chi connectivity index (χ1) is 7.35. The van der Waals surface area contributed by atoms with E-state index in [0.29, 0.717) is 12.2 Å². The molecular weight excluding hydrogens is 272 g/mol. The first-order valence-electron chi connectivity index (χ1n) is 5.23. The van der Waals surface area contributed by atoms with Crippen LogP contribution >= 0.6 is 15.9 Å². The number of ketones is 1. The summed E-state index contributed by atoms with van der Waals surface area (Å²) in [5.74, 6) is -0.0545. The Balaban J connectivity index is 2.76. The number of carbonyl (C=O) groups is 1. The molecule has 4 nitrogen and oxygen atoms in total. The van der Waals surface area contributed by atoms with Crippen molar-refractivity contribution >= 4 is 21.7 Å². The van der Waals surface area contributed by atoms with Gasteiger partial charge < -0.3 is 4.74 Å². The minimum atomic E-state index is -0.306. The summed E-state index contributed by atoms with van der Waals surface area (Å²) in [5.41, 5.74) is 0.269. The number of halogens is 1. The van der Waals surface area contributed by atoms with E-state index in [-0.39, 0.29) is 18.0 Å². The molecular formula is C11H17BrN2O2. The van der Waals surface area contributed by atoms with E-state index in [2.05, 4.69) is 21.0 Å². The molecule has 0 aliphatic rings. The lowest BCUT2D eigenvalue weighted by Crippen LogP contribution is -2.25. The van der Waals surface area contributed by atoms with E-state index in [9.17, 15) is 4.79 Å². The van der Waals surface area contributed by atoms with E-state index in [1.807, 2.05) is 27.7 Å². The minimum absolute atomic E-state index is 0.0545. The summed E-state index contributed by atoms with van der Waals surface area (Å²) < 4.78 is 7.84. The van der Waals surface area contributed by atoms with Gasteiger partial charge in [-0.05, 0) is 43.6 Å². The van der Waals surface area contributed by atoms with Crippen molar-refractivity contribution in [2.24, 2.45) is 0 Å². The minimum Gasteiger partial charge on any atom is -0.368 e. The summed E-state index contributed by atoms with van der Waals surface area (Å²) in [5, 5.41) is 4.09. The van der Waals surface area contributed by atoms with Crippen LogP contribution in [0.25, 0.3) is 0 Å². The molecule has 1 heterocycles. The average Bonchev–Trinajstić information content (AvgIpc) is 2.55. The fourth-order valence-electron chi connectivity index (χ4n) is 1.23. The van der Waals surface area contributed by atoms with Crippen LogP contribution in [0.3, 0.4) is 0 Å². The van der Waals surface area contributed by atoms with Crippen molar-refractivity contribution in [3.8, 4) is 0 Å². The van der Waals surface area contributed by atoms with Crippen molar-refractivity contribution in [3.63, 3.8) is 0 Å². The standard InChI is InChI=1S/C11H17BrN2O2/c1-5-14-10(8(12)6-13-14)9(15)7-16-11(2,3)4/h6H,5,7H2,1-4H3. The van der Waals surface area contributed by atoms with E-state index in [0.717, 1.165) is 4.47 Å². The number of nitrogens with zero attached hydrogens (tertiary/aromatic N) is 2. The van der Waals surface area contributed by atoms with E-state index in [1.165, 1.54) is 0 Å². The van der Waals surface area contributed by atoms with Gasteiger partial charge in [0.1, 0.15) is 12.3 Å². The van der Waals surface area contributed by atoms with Crippen molar-refractivity contribution in [2.75, 3.05) is 6.61 Å². The van der Waals surface area contributed by atoms with Crippen molar-refractivity contribution in [1.29, 1.82) is 0 Å². The second-order valence-corrected chi connectivity index (χ2v) is 5.34. The van der Waals surface area contributed by atoms with Crippen LogP contribution in [0.2, 0.25) is 0 Å². The molecule has 0 aliphatic heterocycles. The molecule has 0 fully saturated rings. The highest BCUT2D eigenvalue weighted by Gasteiger charge is 2.19. The summed E-state index contributed by atoms with van der Waals surface area (Å²) in [6, 6.07) is 0. The highest BCUT2D eigenvalue weighted by Crippen LogP contribution is 2.17. The fourth-order valence-corrected chi connectivity index (χ4v) is 1.75. The van der Waals surface area contributed by atoms with Crippen molar-refractivity contribution in [3.05, 3.63) is 16.4 Å². The highest BCUT2D eigenvalue weighted by atomic mass is 79.9. The topological polar surface area (TPSA) is 44.1 Å². The zero-order valence-corrected chi connectivity index (χ0v) is 11.7. The molecule has 1 rings (SSSR count). The van der Waals surface area contributed by atoms with Crippen LogP contribution in [0.4, 0.5) is 0 Å². The Morgan fingerprint density at radius 2 is 2.19 bits per heavy atom. The van der Waals surface area contributed by atoms with Crippen LogP contribution in [0.1, 0.15) is 38.2 Å². The third kappa shape index (κ3) is 3.42. The Morgan fingerprint density at radius 1 is 1.56 bits per heavy atom. The van der Waals surface area contributed by atoms with Gasteiger partial charge in [0, 0.05) is 6.54 Å². The summed E-state index contributed by atoms with van der Waals surface area (Å²) in [4.78, 5) is 11.9. The lowest BCUT2D eigenvalue weighted by Gasteiger charge is -2.18. The molecule has 0 aliphatic carbocycles. The molecule has 5 heteroatoms. The summed E-state index contributed by atoms with van der Waals surface area (Å²) >= 11 is 3.32. The molecule has 1 aromatic rings. The predicted octanol–water partition coefficient (Wildman–Crippen LogP) is 2.66. The number of hydrogen-bond donors (Lipinski definition) is 0. The van der Waals surface area contributed by atoms with Gasteiger partial charge in [-0.2, -0.15) is 5.10 Å². The van der Waals surface area contributed by atoms with Gasteiger partial charge in [-0.1, -0.05) is 0 Å². The van der Waals surface area contributed by atoms with Gasteiger partial charge in [-0.3, -0.25) is 9.48 Å². The molecule has 0 spiro atoms. The quantitative estimate of drug-likeness (QED) is 0.800. The molecule has 0 unspecified atom stereocenters. The lowest BCUT2D eigenvalue weighted by atomic mass is 10.2. The van der Waals surface area contributed by atoms with Gasteiger partial charge in [-0.15, -0.1) is 0 Å². The molecule has 0 atom stereocenters. The summed E-state index contributed by atoms with van der Waals surface area (Å²) in [6.07, 6.45) is 1.63. The molecule has 0 saturated carbocycles. The summed E-state index contributed by atoms with van der Waals surface area (Å²) in [6.45, 7) is 8.46. The van der Waals surface area contributed by atoms with Gasteiger partial charge in [0.15, 0.2) is 0 Å². The number of ether oxygens (including phenoxy) is 1. The Kier molecular flexibility index (Phi) is 4.27. The van der Waals surface area contributed by atoms with Gasteiger partial charge in [-0.25, -0.2) is 0 Å². The molecule has 0 aromatic carbocycles. The molecule has 0 radical (unpaired) electrons. The number of Topliss-reactive ketones (excluding diaryl/α,β-unsaturated/α-hetero) is 1. The van der Waals surface area contributed by atoms with E-state index >= 15 is 0 Å².